The summed E-state index contributed by atoms with van der Waals surface area (Å²) in [4.78, 5) is 12.9. The van der Waals surface area contributed by atoms with Crippen LogP contribution in [0.25, 0.3) is 11.4 Å². The summed E-state index contributed by atoms with van der Waals surface area (Å²) >= 11 is 5.23. The maximum Gasteiger partial charge on any atom is 0.261 e. The van der Waals surface area contributed by atoms with Crippen molar-refractivity contribution in [1.82, 2.24) is 19.3 Å². The third-order valence-electron chi connectivity index (χ3n) is 4.11. The Morgan fingerprint density at radius 2 is 2.14 bits per heavy atom. The smallest absolute Gasteiger partial charge is 0.261 e. The molecular formula is C15H20N4OS. The Kier molecular flexibility index (Phi) is 3.80. The summed E-state index contributed by atoms with van der Waals surface area (Å²) in [7, 11) is 0. The number of rotatable bonds is 4. The Labute approximate surface area is 128 Å². The number of aromatic nitrogens is 4. The molecule has 0 aromatic carbocycles. The van der Waals surface area contributed by atoms with Crippen LogP contribution in [-0.2, 0) is 25.9 Å². The van der Waals surface area contributed by atoms with Gasteiger partial charge in [0, 0.05) is 18.8 Å². The van der Waals surface area contributed by atoms with Crippen LogP contribution in [0, 0.1) is 4.77 Å². The van der Waals surface area contributed by atoms with Gasteiger partial charge >= 0.3 is 0 Å². The predicted molar refractivity (Wildman–Crippen MR) is 85.1 cm³/mol. The standard InChI is InChI=1S/C15H20N4OS/c1-3-8-19-12-7-5-6-10(12)9-11(14(19)20)13-16-17-15(21)18(13)4-2/h9H,3-8H2,1-2H3,(H,17,21). The highest BCUT2D eigenvalue weighted by molar-refractivity contribution is 7.71. The molecule has 0 aliphatic heterocycles. The van der Waals surface area contributed by atoms with Crippen molar-refractivity contribution in [2.75, 3.05) is 0 Å². The molecule has 0 unspecified atom stereocenters. The fraction of sp³-hybridized carbons (Fsp3) is 0.533. The molecule has 0 saturated heterocycles. The van der Waals surface area contributed by atoms with Gasteiger partial charge < -0.3 is 9.13 Å². The average molecular weight is 304 g/mol. The van der Waals surface area contributed by atoms with Crippen LogP contribution in [-0.4, -0.2) is 19.3 Å². The quantitative estimate of drug-likeness (QED) is 0.884. The summed E-state index contributed by atoms with van der Waals surface area (Å²) < 4.78 is 4.38. The molecule has 1 aliphatic carbocycles. The minimum Gasteiger partial charge on any atom is -0.312 e. The monoisotopic (exact) mass is 304 g/mol. The Balaban J connectivity index is 2.26. The Bertz CT molecular complexity index is 784. The third-order valence-corrected chi connectivity index (χ3v) is 4.42. The van der Waals surface area contributed by atoms with E-state index in [1.807, 2.05) is 22.1 Å². The molecule has 0 fully saturated rings. The minimum atomic E-state index is 0.0567. The maximum absolute atomic E-state index is 12.9. The van der Waals surface area contributed by atoms with E-state index in [4.69, 9.17) is 12.2 Å². The Morgan fingerprint density at radius 1 is 1.33 bits per heavy atom. The van der Waals surface area contributed by atoms with Gasteiger partial charge in [0.25, 0.3) is 5.56 Å². The molecule has 1 N–H and O–H groups in total. The minimum absolute atomic E-state index is 0.0567. The van der Waals surface area contributed by atoms with Crippen LogP contribution in [0.4, 0.5) is 0 Å². The van der Waals surface area contributed by atoms with Gasteiger partial charge in [-0.3, -0.25) is 9.89 Å². The lowest BCUT2D eigenvalue weighted by Gasteiger charge is -2.14. The zero-order chi connectivity index (χ0) is 15.0. The highest BCUT2D eigenvalue weighted by atomic mass is 32.1. The fourth-order valence-electron chi connectivity index (χ4n) is 3.16. The van der Waals surface area contributed by atoms with Crippen LogP contribution < -0.4 is 5.56 Å². The van der Waals surface area contributed by atoms with Crippen molar-refractivity contribution in [3.8, 4) is 11.4 Å². The molecule has 0 amide bonds. The van der Waals surface area contributed by atoms with Crippen molar-refractivity contribution < 1.29 is 0 Å². The van der Waals surface area contributed by atoms with E-state index >= 15 is 0 Å². The number of fused-ring (bicyclic) bond motifs is 1. The summed E-state index contributed by atoms with van der Waals surface area (Å²) in [6.07, 6.45) is 4.13. The van der Waals surface area contributed by atoms with Gasteiger partial charge in [-0.25, -0.2) is 0 Å². The van der Waals surface area contributed by atoms with Crippen molar-refractivity contribution in [3.05, 3.63) is 32.4 Å². The van der Waals surface area contributed by atoms with Crippen molar-refractivity contribution in [2.45, 2.75) is 52.6 Å². The first-order valence-electron chi connectivity index (χ1n) is 7.58. The van der Waals surface area contributed by atoms with Crippen molar-refractivity contribution >= 4 is 12.2 Å². The molecule has 3 rings (SSSR count). The second kappa shape index (κ2) is 5.60. The zero-order valence-electron chi connectivity index (χ0n) is 12.5. The largest absolute Gasteiger partial charge is 0.312 e. The van der Waals surface area contributed by atoms with Gasteiger partial charge in [0.1, 0.15) is 0 Å². The third kappa shape index (κ3) is 2.27. The van der Waals surface area contributed by atoms with Gasteiger partial charge in [0.15, 0.2) is 10.6 Å². The van der Waals surface area contributed by atoms with Crippen molar-refractivity contribution in [2.24, 2.45) is 0 Å². The molecule has 5 nitrogen and oxygen atoms in total. The molecule has 0 saturated carbocycles. The molecule has 2 heterocycles. The molecule has 112 valence electrons. The van der Waals surface area contributed by atoms with Gasteiger partial charge in [0.05, 0.1) is 5.56 Å². The highest BCUT2D eigenvalue weighted by Gasteiger charge is 2.21. The molecule has 6 heteroatoms. The first-order valence-corrected chi connectivity index (χ1v) is 7.99. The zero-order valence-corrected chi connectivity index (χ0v) is 13.3. The van der Waals surface area contributed by atoms with E-state index in [1.54, 1.807) is 0 Å². The summed E-state index contributed by atoms with van der Waals surface area (Å²) in [6.45, 7) is 5.58. The van der Waals surface area contributed by atoms with E-state index < -0.39 is 0 Å². The molecule has 1 aliphatic rings. The predicted octanol–water partition coefficient (Wildman–Crippen LogP) is 2.69. The van der Waals surface area contributed by atoms with E-state index in [0.29, 0.717) is 22.7 Å². The number of nitrogens with one attached hydrogen (secondary N) is 1. The summed E-state index contributed by atoms with van der Waals surface area (Å²) in [5, 5.41) is 7.08. The van der Waals surface area contributed by atoms with Crippen molar-refractivity contribution in [3.63, 3.8) is 0 Å². The van der Waals surface area contributed by atoms with Crippen molar-refractivity contribution in [1.29, 1.82) is 0 Å². The van der Waals surface area contributed by atoms with Crippen LogP contribution in [0.5, 0.6) is 0 Å². The molecule has 2 aromatic heterocycles. The van der Waals surface area contributed by atoms with Gasteiger partial charge in [-0.2, -0.15) is 5.10 Å². The SMILES string of the molecule is CCCn1c2c(cc(-c3n[nH]c(=S)n3CC)c1=O)CCC2. The van der Waals surface area contributed by atoms with Crippen LogP contribution in [0.3, 0.4) is 0 Å². The fourth-order valence-corrected chi connectivity index (χ4v) is 3.42. The maximum atomic E-state index is 12.9. The molecular weight excluding hydrogens is 284 g/mol. The first kappa shape index (κ1) is 14.3. The first-order chi connectivity index (χ1) is 10.2. The van der Waals surface area contributed by atoms with Crippen LogP contribution in [0.15, 0.2) is 10.9 Å². The van der Waals surface area contributed by atoms with E-state index in [-0.39, 0.29) is 5.56 Å². The Hall–Kier alpha value is -1.69. The number of H-pyrrole nitrogens is 1. The molecule has 0 spiro atoms. The molecule has 0 radical (unpaired) electrons. The van der Waals surface area contributed by atoms with E-state index in [1.165, 1.54) is 11.3 Å². The van der Waals surface area contributed by atoms with Crippen LogP contribution in [0.1, 0.15) is 37.9 Å². The molecule has 2 aromatic rings. The molecule has 0 atom stereocenters. The van der Waals surface area contributed by atoms with Crippen LogP contribution in [0.2, 0.25) is 0 Å². The number of pyridine rings is 1. The summed E-state index contributed by atoms with van der Waals surface area (Å²) in [5.41, 5.74) is 3.22. The lowest BCUT2D eigenvalue weighted by Crippen LogP contribution is -2.26. The normalized spacial score (nSPS) is 13.6. The molecule has 21 heavy (non-hydrogen) atoms. The highest BCUT2D eigenvalue weighted by Crippen LogP contribution is 2.25. The Morgan fingerprint density at radius 3 is 2.86 bits per heavy atom. The lowest BCUT2D eigenvalue weighted by molar-refractivity contribution is 0.623. The number of hydrogen-bond donors (Lipinski definition) is 1. The second-order valence-corrected chi connectivity index (χ2v) is 5.82. The van der Waals surface area contributed by atoms with E-state index in [0.717, 1.165) is 32.2 Å². The lowest BCUT2D eigenvalue weighted by atomic mass is 10.1. The summed E-state index contributed by atoms with van der Waals surface area (Å²) in [5.74, 6) is 0.659. The van der Waals surface area contributed by atoms with Gasteiger partial charge in [0.2, 0.25) is 0 Å². The molecule has 0 bridgehead atoms. The number of aromatic amines is 1. The topological polar surface area (TPSA) is 55.6 Å². The van der Waals surface area contributed by atoms with E-state index in [2.05, 4.69) is 17.1 Å². The van der Waals surface area contributed by atoms with E-state index in [9.17, 15) is 4.79 Å². The van der Waals surface area contributed by atoms with Gasteiger partial charge in [-0.05, 0) is 56.5 Å². The van der Waals surface area contributed by atoms with Gasteiger partial charge in [-0.1, -0.05) is 6.92 Å². The van der Waals surface area contributed by atoms with Crippen LogP contribution >= 0.6 is 12.2 Å². The number of nitrogens with zero attached hydrogens (tertiary/aromatic N) is 3. The number of hydrogen-bond acceptors (Lipinski definition) is 3. The van der Waals surface area contributed by atoms with Gasteiger partial charge in [-0.15, -0.1) is 0 Å². The second-order valence-electron chi connectivity index (χ2n) is 5.44. The summed E-state index contributed by atoms with van der Waals surface area (Å²) in [6, 6.07) is 2.02. The number of aryl methyl sites for hydroxylation is 1. The average Bonchev–Trinajstić information content (AvgIpc) is 3.07.